The topological polar surface area (TPSA) is 42.7 Å². The van der Waals surface area contributed by atoms with Crippen molar-refractivity contribution in [2.75, 3.05) is 6.54 Å². The van der Waals surface area contributed by atoms with E-state index in [2.05, 4.69) is 64.5 Å². The van der Waals surface area contributed by atoms with Crippen LogP contribution in [-0.4, -0.2) is 21.5 Å². The molecule has 0 aliphatic heterocycles. The zero-order valence-corrected chi connectivity index (χ0v) is 14.5. The monoisotopic (exact) mass is 350 g/mol. The normalized spacial score (nSPS) is 12.6. The van der Waals surface area contributed by atoms with Crippen molar-refractivity contribution in [3.8, 4) is 5.69 Å². The maximum Gasteiger partial charge on any atom is 0.103 e. The maximum absolute atomic E-state index is 4.45. The maximum atomic E-state index is 4.45. The molecule has 114 valence electrons. The molecule has 0 fully saturated rings. The van der Waals surface area contributed by atoms with Gasteiger partial charge in [0, 0.05) is 4.47 Å². The van der Waals surface area contributed by atoms with Gasteiger partial charge in [0.15, 0.2) is 0 Å². The van der Waals surface area contributed by atoms with E-state index in [9.17, 15) is 0 Å². The van der Waals surface area contributed by atoms with Crippen LogP contribution in [0.25, 0.3) is 5.69 Å². The Labute approximate surface area is 135 Å². The molecule has 2 rings (SSSR count). The molecule has 21 heavy (non-hydrogen) atoms. The molecular formula is C16H23BrN4. The number of hydrogen-bond acceptors (Lipinski definition) is 3. The fourth-order valence-corrected chi connectivity index (χ4v) is 2.72. The van der Waals surface area contributed by atoms with Gasteiger partial charge in [0.25, 0.3) is 0 Å². The number of nitrogens with one attached hydrogen (secondary N) is 1. The average Bonchev–Trinajstić information content (AvgIpc) is 2.92. The lowest BCUT2D eigenvalue weighted by Gasteiger charge is -2.15. The van der Waals surface area contributed by atoms with E-state index in [1.807, 2.05) is 16.8 Å². The van der Waals surface area contributed by atoms with Crippen molar-refractivity contribution in [1.29, 1.82) is 0 Å². The van der Waals surface area contributed by atoms with Gasteiger partial charge in [-0.2, -0.15) is 0 Å². The number of aromatic nitrogens is 3. The predicted molar refractivity (Wildman–Crippen MR) is 89.8 cm³/mol. The second kappa shape index (κ2) is 7.71. The largest absolute Gasteiger partial charge is 0.309 e. The van der Waals surface area contributed by atoms with Crippen LogP contribution in [-0.2, 0) is 6.42 Å². The van der Waals surface area contributed by atoms with E-state index in [4.69, 9.17) is 0 Å². The molecule has 0 saturated heterocycles. The van der Waals surface area contributed by atoms with Gasteiger partial charge in [-0.15, -0.1) is 5.10 Å². The van der Waals surface area contributed by atoms with Crippen molar-refractivity contribution >= 4 is 15.9 Å². The van der Waals surface area contributed by atoms with Crippen molar-refractivity contribution in [2.24, 2.45) is 0 Å². The first kappa shape index (κ1) is 16.2. The highest BCUT2D eigenvalue weighted by Crippen LogP contribution is 2.22. The van der Waals surface area contributed by atoms with Crippen LogP contribution in [0.5, 0.6) is 0 Å². The zero-order chi connectivity index (χ0) is 15.2. The smallest absolute Gasteiger partial charge is 0.103 e. The molecule has 0 spiro atoms. The molecule has 2 aromatic rings. The summed E-state index contributed by atoms with van der Waals surface area (Å²) in [4.78, 5) is 0. The fraction of sp³-hybridized carbons (Fsp3) is 0.500. The minimum atomic E-state index is 0.282. The SMILES string of the molecule is CCCNC(CC)c1nnn(-c2ccc(Br)cc2)c1CC. The molecule has 0 bridgehead atoms. The third kappa shape index (κ3) is 3.71. The van der Waals surface area contributed by atoms with E-state index in [1.54, 1.807) is 0 Å². The van der Waals surface area contributed by atoms with Gasteiger partial charge >= 0.3 is 0 Å². The van der Waals surface area contributed by atoms with Gasteiger partial charge < -0.3 is 5.32 Å². The van der Waals surface area contributed by atoms with Crippen LogP contribution in [0, 0.1) is 0 Å². The van der Waals surface area contributed by atoms with Gasteiger partial charge in [0.05, 0.1) is 17.4 Å². The Morgan fingerprint density at radius 3 is 2.48 bits per heavy atom. The van der Waals surface area contributed by atoms with Crippen molar-refractivity contribution in [1.82, 2.24) is 20.3 Å². The quantitative estimate of drug-likeness (QED) is 0.819. The van der Waals surface area contributed by atoms with Crippen LogP contribution in [0.4, 0.5) is 0 Å². The Bertz CT molecular complexity index is 562. The van der Waals surface area contributed by atoms with Gasteiger partial charge in [0.2, 0.25) is 0 Å². The highest BCUT2D eigenvalue weighted by atomic mass is 79.9. The number of benzene rings is 1. The summed E-state index contributed by atoms with van der Waals surface area (Å²) in [6.07, 6.45) is 3.06. The Morgan fingerprint density at radius 2 is 1.90 bits per heavy atom. The van der Waals surface area contributed by atoms with E-state index >= 15 is 0 Å². The summed E-state index contributed by atoms with van der Waals surface area (Å²) in [6, 6.07) is 8.46. The van der Waals surface area contributed by atoms with Crippen LogP contribution < -0.4 is 5.32 Å². The van der Waals surface area contributed by atoms with Crippen LogP contribution >= 0.6 is 15.9 Å². The number of halogens is 1. The third-order valence-corrected chi connectivity index (χ3v) is 4.11. The summed E-state index contributed by atoms with van der Waals surface area (Å²) in [7, 11) is 0. The molecule has 0 amide bonds. The molecule has 1 unspecified atom stereocenters. The Hall–Kier alpha value is -1.20. The molecule has 1 aromatic heterocycles. The van der Waals surface area contributed by atoms with Gasteiger partial charge in [-0.25, -0.2) is 4.68 Å². The van der Waals surface area contributed by atoms with Gasteiger partial charge in [-0.3, -0.25) is 0 Å². The zero-order valence-electron chi connectivity index (χ0n) is 12.9. The molecule has 0 radical (unpaired) electrons. The molecule has 1 atom stereocenters. The third-order valence-electron chi connectivity index (χ3n) is 3.58. The Kier molecular flexibility index (Phi) is 5.94. The summed E-state index contributed by atoms with van der Waals surface area (Å²) in [5.41, 5.74) is 3.32. The van der Waals surface area contributed by atoms with Gasteiger partial charge in [0.1, 0.15) is 5.69 Å². The molecule has 4 nitrogen and oxygen atoms in total. The molecule has 1 heterocycles. The van der Waals surface area contributed by atoms with Gasteiger partial charge in [-0.1, -0.05) is 41.9 Å². The lowest BCUT2D eigenvalue weighted by Crippen LogP contribution is -2.23. The molecule has 1 aromatic carbocycles. The fourth-order valence-electron chi connectivity index (χ4n) is 2.46. The highest BCUT2D eigenvalue weighted by molar-refractivity contribution is 9.10. The first-order valence-electron chi connectivity index (χ1n) is 7.65. The van der Waals surface area contributed by atoms with E-state index in [0.717, 1.165) is 41.7 Å². The number of rotatable bonds is 7. The minimum Gasteiger partial charge on any atom is -0.309 e. The van der Waals surface area contributed by atoms with Crippen molar-refractivity contribution in [3.05, 3.63) is 40.1 Å². The van der Waals surface area contributed by atoms with Gasteiger partial charge in [-0.05, 0) is 50.1 Å². The van der Waals surface area contributed by atoms with E-state index < -0.39 is 0 Å². The average molecular weight is 351 g/mol. The number of hydrogen-bond donors (Lipinski definition) is 1. The highest BCUT2D eigenvalue weighted by Gasteiger charge is 2.19. The van der Waals surface area contributed by atoms with E-state index in [0.29, 0.717) is 0 Å². The molecule has 0 aliphatic rings. The van der Waals surface area contributed by atoms with Crippen LogP contribution in [0.15, 0.2) is 28.7 Å². The molecule has 1 N–H and O–H groups in total. The van der Waals surface area contributed by atoms with E-state index in [-0.39, 0.29) is 6.04 Å². The second-order valence-corrected chi connectivity index (χ2v) is 5.99. The second-order valence-electron chi connectivity index (χ2n) is 5.08. The summed E-state index contributed by atoms with van der Waals surface area (Å²) < 4.78 is 3.03. The first-order valence-corrected chi connectivity index (χ1v) is 8.44. The molecule has 5 heteroatoms. The predicted octanol–water partition coefficient (Wildman–Crippen LogP) is 4.04. The van der Waals surface area contributed by atoms with Crippen LogP contribution in [0.3, 0.4) is 0 Å². The lowest BCUT2D eigenvalue weighted by atomic mass is 10.1. The lowest BCUT2D eigenvalue weighted by molar-refractivity contribution is 0.503. The summed E-state index contributed by atoms with van der Waals surface area (Å²) in [5, 5.41) is 12.4. The summed E-state index contributed by atoms with van der Waals surface area (Å²) >= 11 is 3.47. The van der Waals surface area contributed by atoms with Crippen LogP contribution in [0.1, 0.15) is 51.0 Å². The van der Waals surface area contributed by atoms with Crippen molar-refractivity contribution in [2.45, 2.75) is 46.1 Å². The van der Waals surface area contributed by atoms with Crippen LogP contribution in [0.2, 0.25) is 0 Å². The Balaban J connectivity index is 2.34. The molecular weight excluding hydrogens is 328 g/mol. The minimum absolute atomic E-state index is 0.282. The summed E-state index contributed by atoms with van der Waals surface area (Å²) in [6.45, 7) is 7.53. The van der Waals surface area contributed by atoms with Crippen molar-refractivity contribution in [3.63, 3.8) is 0 Å². The summed E-state index contributed by atoms with van der Waals surface area (Å²) in [5.74, 6) is 0. The van der Waals surface area contributed by atoms with E-state index in [1.165, 1.54) is 5.69 Å². The number of nitrogens with zero attached hydrogens (tertiary/aromatic N) is 3. The first-order chi connectivity index (χ1) is 10.2. The Morgan fingerprint density at radius 1 is 1.19 bits per heavy atom. The van der Waals surface area contributed by atoms with Crippen molar-refractivity contribution < 1.29 is 0 Å². The standard InChI is InChI=1S/C16H23BrN4/c1-4-11-18-14(5-2)16-15(6-3)21(20-19-16)13-9-7-12(17)8-10-13/h7-10,14,18H,4-6,11H2,1-3H3. The molecule has 0 aliphatic carbocycles. The molecule has 0 saturated carbocycles.